The molecule has 7 rings (SSSR count). The van der Waals surface area contributed by atoms with Crippen molar-refractivity contribution in [2.24, 2.45) is 12.8 Å². The quantitative estimate of drug-likeness (QED) is 0.177. The Morgan fingerprint density at radius 2 is 1.93 bits per heavy atom. The lowest BCUT2D eigenvalue weighted by Gasteiger charge is -2.14. The summed E-state index contributed by atoms with van der Waals surface area (Å²) in [5.74, 6) is -2.83. The molecule has 18 heteroatoms. The fourth-order valence-corrected chi connectivity index (χ4v) is 4.96. The van der Waals surface area contributed by atoms with Crippen LogP contribution in [0.1, 0.15) is 50.1 Å². The van der Waals surface area contributed by atoms with Crippen molar-refractivity contribution >= 4 is 41.2 Å². The SMILES string of the molecule is Cl.Cn1c(=O)oc2ccc(CN)cc21.O=C(N[C@H]1CCc2cc(-c3noc(=O)[nH]3)ccc21)c1cc(C(=O)O)n2[nH]c(=O)nc2n1. The first-order valence-electron chi connectivity index (χ1n) is 13.1. The minimum absolute atomic E-state index is 0. The predicted molar refractivity (Wildman–Crippen MR) is 158 cm³/mol. The maximum atomic E-state index is 12.8. The van der Waals surface area contributed by atoms with Crippen LogP contribution in [0.25, 0.3) is 28.3 Å². The number of carbonyl (C=O) groups excluding carboxylic acids is 1. The molecule has 1 aliphatic carbocycles. The number of rotatable bonds is 5. The van der Waals surface area contributed by atoms with Gasteiger partial charge >= 0.3 is 23.2 Å². The van der Waals surface area contributed by atoms with Crippen LogP contribution >= 0.6 is 12.4 Å². The van der Waals surface area contributed by atoms with Crippen molar-refractivity contribution in [1.29, 1.82) is 0 Å². The number of H-pyrrole nitrogens is 2. The Hall–Kier alpha value is -5.81. The van der Waals surface area contributed by atoms with Crippen LogP contribution in [-0.4, -0.2) is 51.3 Å². The second-order valence-corrected chi connectivity index (χ2v) is 9.85. The molecule has 4 aromatic heterocycles. The summed E-state index contributed by atoms with van der Waals surface area (Å²) in [4.78, 5) is 68.0. The minimum atomic E-state index is -1.35. The molecule has 6 aromatic rings. The molecule has 0 bridgehead atoms. The topological polar surface area (TPSA) is 249 Å². The Balaban J connectivity index is 0.000000240. The van der Waals surface area contributed by atoms with E-state index in [4.69, 9.17) is 10.2 Å². The molecule has 0 saturated carbocycles. The van der Waals surface area contributed by atoms with Crippen LogP contribution in [-0.2, 0) is 20.0 Å². The van der Waals surface area contributed by atoms with Crippen LogP contribution in [0.15, 0.2) is 65.8 Å². The zero-order valence-electron chi connectivity index (χ0n) is 23.3. The molecule has 0 aliphatic heterocycles. The van der Waals surface area contributed by atoms with Crippen molar-refractivity contribution in [3.05, 3.63) is 102 Å². The Kier molecular flexibility index (Phi) is 8.21. The van der Waals surface area contributed by atoms with Gasteiger partial charge in [0.2, 0.25) is 0 Å². The molecule has 1 atom stereocenters. The van der Waals surface area contributed by atoms with Crippen LogP contribution in [0.2, 0.25) is 0 Å². The third-order valence-corrected chi connectivity index (χ3v) is 7.13. The molecule has 4 heterocycles. The summed E-state index contributed by atoms with van der Waals surface area (Å²) in [7, 11) is 1.68. The molecule has 6 N–H and O–H groups in total. The normalized spacial score (nSPS) is 13.6. The fraction of sp³-hybridized carbons (Fsp3) is 0.185. The summed E-state index contributed by atoms with van der Waals surface area (Å²) in [5, 5.41) is 18.1. The molecule has 17 nitrogen and oxygen atoms in total. The second kappa shape index (κ2) is 12.1. The number of amides is 1. The van der Waals surface area contributed by atoms with Gasteiger partial charge in [0.1, 0.15) is 5.69 Å². The van der Waals surface area contributed by atoms with Gasteiger partial charge in [0, 0.05) is 25.2 Å². The van der Waals surface area contributed by atoms with Crippen molar-refractivity contribution in [3.8, 4) is 11.4 Å². The molecule has 0 spiro atoms. The first-order valence-corrected chi connectivity index (χ1v) is 13.1. The number of benzene rings is 2. The summed E-state index contributed by atoms with van der Waals surface area (Å²) in [6.45, 7) is 0.468. The Morgan fingerprint density at radius 3 is 2.64 bits per heavy atom. The van der Waals surface area contributed by atoms with Crippen LogP contribution in [0.5, 0.6) is 0 Å². The molecule has 232 valence electrons. The number of nitrogens with zero attached hydrogens (tertiary/aromatic N) is 5. The number of aromatic amines is 2. The van der Waals surface area contributed by atoms with Gasteiger partial charge in [-0.25, -0.2) is 33.8 Å². The number of nitrogens with two attached hydrogens (primary N) is 1. The molecular weight excluding hydrogens is 614 g/mol. The monoisotopic (exact) mass is 637 g/mol. The van der Waals surface area contributed by atoms with E-state index in [1.807, 2.05) is 24.3 Å². The van der Waals surface area contributed by atoms with Crippen LogP contribution in [0, 0.1) is 0 Å². The van der Waals surface area contributed by atoms with E-state index in [0.29, 0.717) is 36.4 Å². The first-order chi connectivity index (χ1) is 21.1. The van der Waals surface area contributed by atoms with Gasteiger partial charge in [-0.15, -0.1) is 12.4 Å². The Bertz CT molecular complexity index is 2260. The molecule has 1 amide bonds. The van der Waals surface area contributed by atoms with Crippen molar-refractivity contribution in [3.63, 3.8) is 0 Å². The number of hydrogen-bond acceptors (Lipinski definition) is 11. The number of hydrogen-bond donors (Lipinski definition) is 5. The molecule has 0 saturated heterocycles. The fourth-order valence-electron chi connectivity index (χ4n) is 4.96. The van der Waals surface area contributed by atoms with Crippen molar-refractivity contribution in [2.45, 2.75) is 25.4 Å². The molecule has 45 heavy (non-hydrogen) atoms. The van der Waals surface area contributed by atoms with E-state index in [-0.39, 0.29) is 41.4 Å². The maximum Gasteiger partial charge on any atom is 0.439 e. The van der Waals surface area contributed by atoms with Crippen molar-refractivity contribution < 1.29 is 23.6 Å². The number of halogens is 1. The zero-order chi connectivity index (χ0) is 31.1. The highest BCUT2D eigenvalue weighted by molar-refractivity contribution is 5.96. The van der Waals surface area contributed by atoms with Gasteiger partial charge in [-0.3, -0.25) is 18.9 Å². The van der Waals surface area contributed by atoms with Gasteiger partial charge in [0.05, 0.1) is 11.6 Å². The number of carboxylic acids is 1. The average Bonchev–Trinajstić information content (AvgIpc) is 3.78. The van der Waals surface area contributed by atoms with Crippen LogP contribution in [0.4, 0.5) is 0 Å². The zero-order valence-corrected chi connectivity index (χ0v) is 24.1. The highest BCUT2D eigenvalue weighted by Crippen LogP contribution is 2.33. The summed E-state index contributed by atoms with van der Waals surface area (Å²) in [5.41, 5.74) is 9.10. The standard InChI is InChI=1S/C18H13N7O6.C9H10N2O2.ClH/c26-14(11-6-12(15(27)28)25-16(20-11)22-17(29)23-25)19-10-4-2-7-5-8(1-3-9(7)10)13-21-18(30)31-24-13;1-11-7-4-6(5-10)2-3-8(7)13-9(11)12;/h1,3,5-6,10H,2,4H2,(H,19,26)(H,23,29)(H,27,28)(H,21,24,30);2-4H,5,10H2,1H3;1H/t10-;;/m0../s1. The molecule has 0 unspecified atom stereocenters. The lowest BCUT2D eigenvalue weighted by molar-refractivity contribution is 0.0687. The summed E-state index contributed by atoms with van der Waals surface area (Å²) < 4.78 is 11.9. The number of oxazole rings is 1. The molecule has 2 aromatic carbocycles. The number of carbonyl (C=O) groups is 2. The van der Waals surface area contributed by atoms with Gasteiger partial charge in [0.25, 0.3) is 11.7 Å². The first kappa shape index (κ1) is 30.6. The van der Waals surface area contributed by atoms with E-state index in [9.17, 15) is 29.1 Å². The van der Waals surface area contributed by atoms with Gasteiger partial charge in [-0.1, -0.05) is 23.4 Å². The number of fused-ring (bicyclic) bond motifs is 3. The lowest BCUT2D eigenvalue weighted by Crippen LogP contribution is -2.28. The summed E-state index contributed by atoms with van der Waals surface area (Å²) in [6.07, 6.45) is 1.30. The minimum Gasteiger partial charge on any atom is -0.477 e. The third-order valence-electron chi connectivity index (χ3n) is 7.13. The highest BCUT2D eigenvalue weighted by atomic mass is 35.5. The summed E-state index contributed by atoms with van der Waals surface area (Å²) >= 11 is 0. The molecule has 1 aliphatic rings. The van der Waals surface area contributed by atoms with Gasteiger partial charge < -0.3 is 20.6 Å². The van der Waals surface area contributed by atoms with Gasteiger partial charge in [0.15, 0.2) is 17.1 Å². The predicted octanol–water partition coefficient (Wildman–Crippen LogP) is 0.888. The number of aryl methyl sites for hydroxylation is 2. The summed E-state index contributed by atoms with van der Waals surface area (Å²) in [6, 6.07) is 11.7. The van der Waals surface area contributed by atoms with E-state index >= 15 is 0 Å². The number of aromatic nitrogens is 7. The highest BCUT2D eigenvalue weighted by Gasteiger charge is 2.27. The number of nitrogens with one attached hydrogen (secondary N) is 3. The van der Waals surface area contributed by atoms with Crippen LogP contribution < -0.4 is 28.3 Å². The van der Waals surface area contributed by atoms with E-state index in [0.717, 1.165) is 32.8 Å². The molecular formula is C27H24ClN9O8. The van der Waals surface area contributed by atoms with E-state index in [1.54, 1.807) is 19.2 Å². The van der Waals surface area contributed by atoms with Gasteiger partial charge in [-0.2, -0.15) is 4.98 Å². The van der Waals surface area contributed by atoms with E-state index in [2.05, 4.69) is 35.0 Å². The molecule has 0 radical (unpaired) electrons. The van der Waals surface area contributed by atoms with E-state index in [1.165, 1.54) is 4.57 Å². The average molecular weight is 638 g/mol. The third kappa shape index (κ3) is 5.89. The maximum absolute atomic E-state index is 12.8. The lowest BCUT2D eigenvalue weighted by atomic mass is 10.0. The Labute approximate surface area is 256 Å². The van der Waals surface area contributed by atoms with Gasteiger partial charge in [-0.05, 0) is 47.7 Å². The number of aromatic carboxylic acids is 1. The molecule has 0 fully saturated rings. The van der Waals surface area contributed by atoms with Crippen molar-refractivity contribution in [2.75, 3.05) is 0 Å². The largest absolute Gasteiger partial charge is 0.477 e. The Morgan fingerprint density at radius 1 is 1.13 bits per heavy atom. The van der Waals surface area contributed by atoms with Crippen LogP contribution in [0.3, 0.4) is 0 Å². The second-order valence-electron chi connectivity index (χ2n) is 9.85. The smallest absolute Gasteiger partial charge is 0.439 e. The van der Waals surface area contributed by atoms with E-state index < -0.39 is 23.3 Å². The number of carboxylic acid groups (broad SMARTS) is 1. The van der Waals surface area contributed by atoms with Crippen molar-refractivity contribution in [1.82, 2.24) is 39.6 Å².